The second kappa shape index (κ2) is 12.3. The van der Waals surface area contributed by atoms with Gasteiger partial charge in [0.05, 0.1) is 43.7 Å². The van der Waals surface area contributed by atoms with Crippen LogP contribution < -0.4 is 5.32 Å². The highest BCUT2D eigenvalue weighted by Crippen LogP contribution is 2.18. The zero-order chi connectivity index (χ0) is 20.4. The molecule has 0 aliphatic heterocycles. The lowest BCUT2D eigenvalue weighted by Crippen LogP contribution is -2.51. The zero-order valence-electron chi connectivity index (χ0n) is 15.9. The summed E-state index contributed by atoms with van der Waals surface area (Å²) in [6.07, 6.45) is -2.78. The maximum Gasteiger partial charge on any atom is 0.407 e. The number of amides is 1. The Morgan fingerprint density at radius 2 is 1.81 bits per heavy atom. The second-order valence-electron chi connectivity index (χ2n) is 6.70. The maximum atomic E-state index is 11.7. The van der Waals surface area contributed by atoms with E-state index in [0.29, 0.717) is 12.8 Å². The Kier molecular flexibility index (Phi) is 10.8. The largest absolute Gasteiger partial charge is 0.450 e. The van der Waals surface area contributed by atoms with Gasteiger partial charge >= 0.3 is 6.09 Å². The zero-order valence-corrected chi connectivity index (χ0v) is 15.9. The fourth-order valence-electron chi connectivity index (χ4n) is 2.77. The number of hydrogen-bond acceptors (Lipinski definition) is 8. The lowest BCUT2D eigenvalue weighted by atomic mass is 9.95. The smallest absolute Gasteiger partial charge is 0.407 e. The third kappa shape index (κ3) is 8.12. The normalized spacial score (nSPS) is 30.5. The average Bonchev–Trinajstić information content (AvgIpc) is 2.64. The highest BCUT2D eigenvalue weighted by Gasteiger charge is 2.33. The Hall–Kier alpha value is -1.23. The van der Waals surface area contributed by atoms with Gasteiger partial charge in [-0.2, -0.15) is 0 Å². The van der Waals surface area contributed by atoms with Crippen LogP contribution in [0.1, 0.15) is 39.5 Å². The van der Waals surface area contributed by atoms with Crippen molar-refractivity contribution in [2.45, 2.75) is 82.2 Å². The minimum absolute atomic E-state index is 0.0331. The molecule has 0 bridgehead atoms. The molecule has 1 amide bonds. The Labute approximate surface area is 159 Å². The van der Waals surface area contributed by atoms with E-state index >= 15 is 0 Å². The molecule has 0 heterocycles. The van der Waals surface area contributed by atoms with Crippen molar-refractivity contribution in [2.24, 2.45) is 0 Å². The van der Waals surface area contributed by atoms with E-state index < -0.39 is 48.8 Å². The first-order valence-electron chi connectivity index (χ1n) is 9.40. The molecule has 0 saturated carbocycles. The Morgan fingerprint density at radius 3 is 2.44 bits per heavy atom. The lowest BCUT2D eigenvalue weighted by Gasteiger charge is -2.32. The maximum absolute atomic E-state index is 11.7. The molecule has 27 heavy (non-hydrogen) atoms. The molecule has 7 unspecified atom stereocenters. The Morgan fingerprint density at radius 1 is 1.15 bits per heavy atom. The Balaban J connectivity index is 2.76. The topological polar surface area (TPSA) is 149 Å². The van der Waals surface area contributed by atoms with E-state index in [1.807, 2.05) is 0 Å². The summed E-state index contributed by atoms with van der Waals surface area (Å²) in [6, 6.07) is -0.881. The highest BCUT2D eigenvalue weighted by atomic mass is 16.5. The van der Waals surface area contributed by atoms with Crippen LogP contribution in [0.2, 0.25) is 0 Å². The molecule has 9 heteroatoms. The van der Waals surface area contributed by atoms with Crippen molar-refractivity contribution in [3.63, 3.8) is 0 Å². The molecule has 0 radical (unpaired) electrons. The predicted molar refractivity (Wildman–Crippen MR) is 97.0 cm³/mol. The van der Waals surface area contributed by atoms with Crippen molar-refractivity contribution in [1.29, 1.82) is 0 Å². The minimum atomic E-state index is -1.37. The number of alkyl carbamates (subject to hydrolysis) is 1. The first kappa shape index (κ1) is 23.8. The molecule has 0 aromatic rings. The molecule has 1 aliphatic rings. The van der Waals surface area contributed by atoms with Gasteiger partial charge in [-0.05, 0) is 26.2 Å². The number of carbonyl (C=O) groups is 1. The van der Waals surface area contributed by atoms with Crippen LogP contribution in [0, 0.1) is 0 Å². The lowest BCUT2D eigenvalue weighted by molar-refractivity contribution is -0.129. The van der Waals surface area contributed by atoms with E-state index in [4.69, 9.17) is 9.47 Å². The van der Waals surface area contributed by atoms with Gasteiger partial charge in [0.2, 0.25) is 0 Å². The van der Waals surface area contributed by atoms with Crippen molar-refractivity contribution in [2.75, 3.05) is 13.2 Å². The molecular weight excluding hydrogens is 358 g/mol. The molecule has 0 aromatic carbocycles. The van der Waals surface area contributed by atoms with Crippen LogP contribution in [0.15, 0.2) is 12.2 Å². The molecule has 0 aromatic heterocycles. The molecule has 1 aliphatic carbocycles. The van der Waals surface area contributed by atoms with E-state index in [2.05, 4.69) is 5.32 Å². The standard InChI is InChI=1S/C18H33NO8/c1-3-11(20)9-14(22)12(19-18(25)26-4-2)10-27-15-8-6-5-7-13(21)16(23)17(15)24/h5-6,11-17,20-24H,3-4,7-10H2,1-2H3,(H,19,25)/b6-5-. The summed E-state index contributed by atoms with van der Waals surface area (Å²) in [7, 11) is 0. The van der Waals surface area contributed by atoms with Crippen LogP contribution in [-0.4, -0.2) is 87.5 Å². The monoisotopic (exact) mass is 391 g/mol. The van der Waals surface area contributed by atoms with Gasteiger partial charge in [0.1, 0.15) is 12.2 Å². The van der Waals surface area contributed by atoms with Gasteiger partial charge in [0, 0.05) is 6.42 Å². The van der Waals surface area contributed by atoms with Gasteiger partial charge in [-0.25, -0.2) is 4.79 Å². The van der Waals surface area contributed by atoms with Crippen molar-refractivity contribution < 1.29 is 39.8 Å². The molecule has 158 valence electrons. The number of aliphatic hydroxyl groups excluding tert-OH is 5. The summed E-state index contributed by atoms with van der Waals surface area (Å²) in [5.74, 6) is 0. The number of nitrogens with one attached hydrogen (secondary N) is 1. The number of rotatable bonds is 9. The van der Waals surface area contributed by atoms with Crippen molar-refractivity contribution in [3.8, 4) is 0 Å². The quantitative estimate of drug-likeness (QED) is 0.287. The molecule has 1 rings (SSSR count). The molecule has 0 fully saturated rings. The summed E-state index contributed by atoms with van der Waals surface area (Å²) in [5, 5.41) is 52.6. The summed E-state index contributed by atoms with van der Waals surface area (Å²) in [5.41, 5.74) is 0. The Bertz CT molecular complexity index is 461. The molecule has 6 N–H and O–H groups in total. The first-order chi connectivity index (χ1) is 12.8. The van der Waals surface area contributed by atoms with Crippen LogP contribution in [-0.2, 0) is 9.47 Å². The van der Waals surface area contributed by atoms with Crippen LogP contribution in [0.5, 0.6) is 0 Å². The van der Waals surface area contributed by atoms with E-state index in [9.17, 15) is 30.3 Å². The van der Waals surface area contributed by atoms with Crippen LogP contribution in [0.3, 0.4) is 0 Å². The first-order valence-corrected chi connectivity index (χ1v) is 9.40. The van der Waals surface area contributed by atoms with Gasteiger partial charge in [-0.1, -0.05) is 19.1 Å². The SMILES string of the molecule is CCOC(=O)NC(COC1C/C=C\CC(O)C(O)C1O)C(O)CC(O)CC. The van der Waals surface area contributed by atoms with Crippen LogP contribution in [0.4, 0.5) is 4.79 Å². The van der Waals surface area contributed by atoms with Gasteiger partial charge in [-0.15, -0.1) is 0 Å². The average molecular weight is 391 g/mol. The van der Waals surface area contributed by atoms with Crippen molar-refractivity contribution in [3.05, 3.63) is 12.2 Å². The third-order valence-electron chi connectivity index (χ3n) is 4.56. The van der Waals surface area contributed by atoms with Gasteiger partial charge in [0.15, 0.2) is 0 Å². The van der Waals surface area contributed by atoms with E-state index in [1.54, 1.807) is 26.0 Å². The van der Waals surface area contributed by atoms with Crippen LogP contribution >= 0.6 is 0 Å². The van der Waals surface area contributed by atoms with Gasteiger partial charge < -0.3 is 40.3 Å². The number of aliphatic hydroxyl groups is 5. The fraction of sp³-hybridized carbons (Fsp3) is 0.833. The number of ether oxygens (including phenoxy) is 2. The predicted octanol–water partition coefficient (Wildman–Crippen LogP) is -0.559. The van der Waals surface area contributed by atoms with E-state index in [-0.39, 0.29) is 26.1 Å². The number of carbonyl (C=O) groups excluding carboxylic acids is 1. The summed E-state index contributed by atoms with van der Waals surface area (Å²) in [4.78, 5) is 11.7. The fourth-order valence-corrected chi connectivity index (χ4v) is 2.77. The van der Waals surface area contributed by atoms with Crippen LogP contribution in [0.25, 0.3) is 0 Å². The summed E-state index contributed by atoms with van der Waals surface area (Å²) >= 11 is 0. The minimum Gasteiger partial charge on any atom is -0.450 e. The van der Waals surface area contributed by atoms with Gasteiger partial charge in [-0.3, -0.25) is 0 Å². The van der Waals surface area contributed by atoms with Crippen molar-refractivity contribution in [1.82, 2.24) is 5.32 Å². The summed E-state index contributed by atoms with van der Waals surface area (Å²) < 4.78 is 10.5. The van der Waals surface area contributed by atoms with E-state index in [1.165, 1.54) is 0 Å². The molecule has 9 nitrogen and oxygen atoms in total. The molecule has 0 spiro atoms. The third-order valence-corrected chi connectivity index (χ3v) is 4.56. The highest BCUT2D eigenvalue weighted by molar-refractivity contribution is 5.67. The molecule has 0 saturated heterocycles. The molecular formula is C18H33NO8. The van der Waals surface area contributed by atoms with Crippen molar-refractivity contribution >= 4 is 6.09 Å². The molecule has 7 atom stereocenters. The van der Waals surface area contributed by atoms with E-state index in [0.717, 1.165) is 0 Å². The number of hydrogen-bond donors (Lipinski definition) is 6. The summed E-state index contributed by atoms with van der Waals surface area (Å²) in [6.45, 7) is 3.40. The van der Waals surface area contributed by atoms with Gasteiger partial charge in [0.25, 0.3) is 0 Å². The second-order valence-corrected chi connectivity index (χ2v) is 6.70.